The third-order valence-corrected chi connectivity index (χ3v) is 3.56. The highest BCUT2D eigenvalue weighted by molar-refractivity contribution is 5.99. The fourth-order valence-corrected chi connectivity index (χ4v) is 1.81. The van der Waals surface area contributed by atoms with Gasteiger partial charge in [0.25, 0.3) is 5.91 Å². The Bertz CT molecular complexity index is 537. The Labute approximate surface area is 130 Å². The standard InChI is InChI=1S/C16H23NO5/c1-6-16(3,21-5)15(19)17-11-8-9-13(20-4)12(10-11)14(18)22-7-2/h8-10H,6-7H2,1-5H3,(H,17,19). The molecule has 1 atom stereocenters. The fourth-order valence-electron chi connectivity index (χ4n) is 1.81. The Morgan fingerprint density at radius 3 is 2.41 bits per heavy atom. The Morgan fingerprint density at radius 2 is 1.91 bits per heavy atom. The van der Waals surface area contributed by atoms with Gasteiger partial charge in [-0.15, -0.1) is 0 Å². The van der Waals surface area contributed by atoms with Crippen molar-refractivity contribution in [3.63, 3.8) is 0 Å². The highest BCUT2D eigenvalue weighted by Crippen LogP contribution is 2.25. The van der Waals surface area contributed by atoms with Crippen molar-refractivity contribution in [2.75, 3.05) is 26.1 Å². The molecule has 0 heterocycles. The zero-order valence-corrected chi connectivity index (χ0v) is 13.7. The van der Waals surface area contributed by atoms with Crippen molar-refractivity contribution >= 4 is 17.6 Å². The first kappa shape index (κ1) is 18.0. The first-order valence-corrected chi connectivity index (χ1v) is 7.13. The predicted molar refractivity (Wildman–Crippen MR) is 83.3 cm³/mol. The van der Waals surface area contributed by atoms with E-state index in [1.54, 1.807) is 26.0 Å². The second-order valence-electron chi connectivity index (χ2n) is 4.88. The van der Waals surface area contributed by atoms with E-state index in [1.165, 1.54) is 20.3 Å². The lowest BCUT2D eigenvalue weighted by atomic mass is 10.0. The topological polar surface area (TPSA) is 73.9 Å². The number of methoxy groups -OCH3 is 2. The van der Waals surface area contributed by atoms with Crippen LogP contribution in [-0.2, 0) is 14.3 Å². The number of amides is 1. The monoisotopic (exact) mass is 309 g/mol. The number of esters is 1. The molecule has 1 rings (SSSR count). The first-order valence-electron chi connectivity index (χ1n) is 7.13. The maximum absolute atomic E-state index is 12.3. The van der Waals surface area contributed by atoms with Crippen LogP contribution in [0.3, 0.4) is 0 Å². The van der Waals surface area contributed by atoms with Crippen LogP contribution < -0.4 is 10.1 Å². The van der Waals surface area contributed by atoms with E-state index in [2.05, 4.69) is 5.32 Å². The van der Waals surface area contributed by atoms with Crippen molar-refractivity contribution in [2.24, 2.45) is 0 Å². The minimum atomic E-state index is -0.927. The fraction of sp³-hybridized carbons (Fsp3) is 0.500. The molecule has 0 saturated carbocycles. The largest absolute Gasteiger partial charge is 0.496 e. The maximum Gasteiger partial charge on any atom is 0.341 e. The van der Waals surface area contributed by atoms with Crippen LogP contribution in [0.4, 0.5) is 5.69 Å². The Morgan fingerprint density at radius 1 is 1.23 bits per heavy atom. The minimum absolute atomic E-state index is 0.260. The number of ether oxygens (including phenoxy) is 3. The summed E-state index contributed by atoms with van der Waals surface area (Å²) in [5.41, 5.74) is -0.187. The second kappa shape index (κ2) is 7.79. The summed E-state index contributed by atoms with van der Waals surface area (Å²) in [7, 11) is 2.95. The Hall–Kier alpha value is -2.08. The van der Waals surface area contributed by atoms with Crippen LogP contribution in [0, 0.1) is 0 Å². The molecule has 1 unspecified atom stereocenters. The van der Waals surface area contributed by atoms with Gasteiger partial charge in [-0.3, -0.25) is 4.79 Å². The molecular formula is C16H23NO5. The summed E-state index contributed by atoms with van der Waals surface area (Å²) in [6.07, 6.45) is 0.524. The molecule has 0 spiro atoms. The second-order valence-corrected chi connectivity index (χ2v) is 4.88. The number of nitrogens with one attached hydrogen (secondary N) is 1. The molecule has 6 heteroatoms. The molecule has 0 aliphatic carbocycles. The number of carbonyl (C=O) groups excluding carboxylic acids is 2. The van der Waals surface area contributed by atoms with Gasteiger partial charge in [-0.2, -0.15) is 0 Å². The summed E-state index contributed by atoms with van der Waals surface area (Å²) < 4.78 is 15.4. The lowest BCUT2D eigenvalue weighted by Gasteiger charge is -2.25. The summed E-state index contributed by atoms with van der Waals surface area (Å²) in [6, 6.07) is 4.80. The zero-order chi connectivity index (χ0) is 16.8. The van der Waals surface area contributed by atoms with Crippen LogP contribution >= 0.6 is 0 Å². The van der Waals surface area contributed by atoms with Gasteiger partial charge in [0.2, 0.25) is 0 Å². The molecule has 6 nitrogen and oxygen atoms in total. The molecular weight excluding hydrogens is 286 g/mol. The molecule has 122 valence electrons. The molecule has 0 fully saturated rings. The minimum Gasteiger partial charge on any atom is -0.496 e. The zero-order valence-electron chi connectivity index (χ0n) is 13.7. The quantitative estimate of drug-likeness (QED) is 0.784. The number of rotatable bonds is 7. The van der Waals surface area contributed by atoms with Crippen LogP contribution in [-0.4, -0.2) is 38.3 Å². The van der Waals surface area contributed by atoms with Gasteiger partial charge in [0.1, 0.15) is 16.9 Å². The maximum atomic E-state index is 12.3. The predicted octanol–water partition coefficient (Wildman–Crippen LogP) is 2.63. The van der Waals surface area contributed by atoms with Gasteiger partial charge in [-0.1, -0.05) is 6.92 Å². The van der Waals surface area contributed by atoms with Crippen molar-refractivity contribution < 1.29 is 23.8 Å². The van der Waals surface area contributed by atoms with E-state index in [1.807, 2.05) is 6.92 Å². The first-order chi connectivity index (χ1) is 10.4. The summed E-state index contributed by atoms with van der Waals surface area (Å²) in [5.74, 6) is -0.389. The summed E-state index contributed by atoms with van der Waals surface area (Å²) >= 11 is 0. The lowest BCUT2D eigenvalue weighted by Crippen LogP contribution is -2.41. The molecule has 1 aromatic rings. The van der Waals surface area contributed by atoms with E-state index in [4.69, 9.17) is 14.2 Å². The van der Waals surface area contributed by atoms with Crippen molar-refractivity contribution in [3.05, 3.63) is 23.8 Å². The molecule has 22 heavy (non-hydrogen) atoms. The molecule has 0 saturated heterocycles. The van der Waals surface area contributed by atoms with Gasteiger partial charge >= 0.3 is 5.97 Å². The Kier molecular flexibility index (Phi) is 6.37. The molecule has 1 N–H and O–H groups in total. The summed E-state index contributed by atoms with van der Waals surface area (Å²) in [6.45, 7) is 5.55. The van der Waals surface area contributed by atoms with Gasteiger partial charge in [-0.05, 0) is 38.5 Å². The highest BCUT2D eigenvalue weighted by Gasteiger charge is 2.31. The van der Waals surface area contributed by atoms with Gasteiger partial charge in [-0.25, -0.2) is 4.79 Å². The SMILES string of the molecule is CCOC(=O)c1cc(NC(=O)C(C)(CC)OC)ccc1OC. The van der Waals surface area contributed by atoms with Gasteiger partial charge < -0.3 is 19.5 Å². The average molecular weight is 309 g/mol. The molecule has 0 bridgehead atoms. The van der Waals surface area contributed by atoms with Gasteiger partial charge in [0.05, 0.1) is 13.7 Å². The molecule has 1 aromatic carbocycles. The van der Waals surface area contributed by atoms with Crippen LogP contribution in [0.25, 0.3) is 0 Å². The van der Waals surface area contributed by atoms with Crippen LogP contribution in [0.5, 0.6) is 5.75 Å². The van der Waals surface area contributed by atoms with Gasteiger partial charge in [0.15, 0.2) is 0 Å². The molecule has 0 aromatic heterocycles. The average Bonchev–Trinajstić information content (AvgIpc) is 2.54. The molecule has 0 aliphatic heterocycles. The van der Waals surface area contributed by atoms with Crippen molar-refractivity contribution in [2.45, 2.75) is 32.8 Å². The van der Waals surface area contributed by atoms with E-state index in [-0.39, 0.29) is 18.1 Å². The number of carbonyl (C=O) groups is 2. The summed E-state index contributed by atoms with van der Waals surface area (Å²) in [4.78, 5) is 24.2. The van der Waals surface area contributed by atoms with Crippen molar-refractivity contribution in [3.8, 4) is 5.75 Å². The molecule has 0 radical (unpaired) electrons. The molecule has 0 aliphatic rings. The highest BCUT2D eigenvalue weighted by atomic mass is 16.5. The van der Waals surface area contributed by atoms with Crippen molar-refractivity contribution in [1.82, 2.24) is 0 Å². The van der Waals surface area contributed by atoms with E-state index in [0.29, 0.717) is 17.9 Å². The van der Waals surface area contributed by atoms with Crippen LogP contribution in [0.15, 0.2) is 18.2 Å². The number of hydrogen-bond acceptors (Lipinski definition) is 5. The van der Waals surface area contributed by atoms with E-state index in [9.17, 15) is 9.59 Å². The van der Waals surface area contributed by atoms with Crippen LogP contribution in [0.1, 0.15) is 37.6 Å². The number of anilines is 1. The third kappa shape index (κ3) is 3.98. The lowest BCUT2D eigenvalue weighted by molar-refractivity contribution is -0.136. The van der Waals surface area contributed by atoms with Crippen LogP contribution in [0.2, 0.25) is 0 Å². The number of hydrogen-bond donors (Lipinski definition) is 1. The number of benzene rings is 1. The van der Waals surface area contributed by atoms with E-state index in [0.717, 1.165) is 0 Å². The third-order valence-electron chi connectivity index (χ3n) is 3.56. The summed E-state index contributed by atoms with van der Waals surface area (Å²) in [5, 5.41) is 2.75. The molecule has 1 amide bonds. The smallest absolute Gasteiger partial charge is 0.341 e. The van der Waals surface area contributed by atoms with Gasteiger partial charge in [0, 0.05) is 12.8 Å². The normalized spacial score (nSPS) is 13.1. The van der Waals surface area contributed by atoms with E-state index >= 15 is 0 Å². The Balaban J connectivity index is 3.05. The van der Waals surface area contributed by atoms with Crippen molar-refractivity contribution in [1.29, 1.82) is 0 Å². The van der Waals surface area contributed by atoms with E-state index < -0.39 is 11.6 Å².